The molecule has 0 unspecified atom stereocenters. The van der Waals surface area contributed by atoms with Crippen LogP contribution in [0.2, 0.25) is 5.02 Å². The molecule has 37 heavy (non-hydrogen) atoms. The zero-order valence-corrected chi connectivity index (χ0v) is 21.6. The van der Waals surface area contributed by atoms with Gasteiger partial charge in [0.05, 0.1) is 54.4 Å². The van der Waals surface area contributed by atoms with Gasteiger partial charge < -0.3 is 29.4 Å². The first-order valence-electron chi connectivity index (χ1n) is 12.4. The summed E-state index contributed by atoms with van der Waals surface area (Å²) in [6.45, 7) is 6.66. The number of anilines is 1. The van der Waals surface area contributed by atoms with Crippen LogP contribution >= 0.6 is 11.6 Å². The van der Waals surface area contributed by atoms with Crippen LogP contribution in [0.25, 0.3) is 22.2 Å². The summed E-state index contributed by atoms with van der Waals surface area (Å²) in [7, 11) is 0. The second-order valence-corrected chi connectivity index (χ2v) is 9.97. The maximum atomic E-state index is 13.4. The fourth-order valence-electron chi connectivity index (χ4n) is 4.83. The number of nitrogens with one attached hydrogen (secondary N) is 1. The van der Waals surface area contributed by atoms with Gasteiger partial charge in [0.15, 0.2) is 5.43 Å². The van der Waals surface area contributed by atoms with Crippen molar-refractivity contribution in [1.82, 2.24) is 19.4 Å². The number of rotatable bonds is 5. The molecule has 2 aliphatic heterocycles. The van der Waals surface area contributed by atoms with Gasteiger partial charge in [0.2, 0.25) is 5.95 Å². The van der Waals surface area contributed by atoms with Crippen LogP contribution in [-0.4, -0.2) is 82.1 Å². The summed E-state index contributed by atoms with van der Waals surface area (Å²) < 4.78 is 12.6. The first-order valence-corrected chi connectivity index (χ1v) is 12.8. The lowest BCUT2D eigenvalue weighted by Gasteiger charge is -2.29. The molecule has 2 N–H and O–H groups in total. The minimum atomic E-state index is -0.667. The molecule has 2 aromatic heterocycles. The maximum absolute atomic E-state index is 13.4. The lowest BCUT2D eigenvalue weighted by molar-refractivity contribution is -0.0136. The number of hydrogen-bond acceptors (Lipinski definition) is 8. The van der Waals surface area contributed by atoms with Gasteiger partial charge in [-0.3, -0.25) is 9.59 Å². The van der Waals surface area contributed by atoms with E-state index in [1.807, 2.05) is 24.5 Å². The number of carbonyl (C=O) groups excluding carboxylic acids is 1. The van der Waals surface area contributed by atoms with Crippen LogP contribution in [0.4, 0.5) is 5.95 Å². The highest BCUT2D eigenvalue weighted by Crippen LogP contribution is 2.30. The standard InChI is InChI=1S/C26H30ClN5O5/c1-15(2)32-20-11-16(24-18(27)13-28-26(30-24)29-19-5-8-37-14-23(19)34)3-4-17(20)22(33)12-21(32)25(35)31-6-9-36-10-7-31/h3-4,11-13,15,19,23,34H,5-10,14H2,1-2H3,(H,28,29,30)/t19-,23-/m1/s1. The Balaban J connectivity index is 1.58. The predicted octanol–water partition coefficient (Wildman–Crippen LogP) is 2.73. The molecule has 1 amide bonds. The number of benzene rings is 1. The normalized spacial score (nSPS) is 20.4. The number of pyridine rings is 1. The lowest BCUT2D eigenvalue weighted by Crippen LogP contribution is -2.42. The monoisotopic (exact) mass is 527 g/mol. The van der Waals surface area contributed by atoms with Crippen molar-refractivity contribution >= 4 is 34.4 Å². The zero-order chi connectivity index (χ0) is 26.1. The molecule has 0 aliphatic carbocycles. The van der Waals surface area contributed by atoms with Crippen LogP contribution < -0.4 is 10.7 Å². The van der Waals surface area contributed by atoms with Crippen LogP contribution in [0, 0.1) is 0 Å². The van der Waals surface area contributed by atoms with Gasteiger partial charge in [-0.25, -0.2) is 9.97 Å². The van der Waals surface area contributed by atoms with E-state index in [4.69, 9.17) is 21.1 Å². The molecule has 0 saturated carbocycles. The Hall–Kier alpha value is -3.05. The molecule has 1 aromatic carbocycles. The van der Waals surface area contributed by atoms with Gasteiger partial charge in [-0.15, -0.1) is 0 Å². The van der Waals surface area contributed by atoms with Gasteiger partial charge in [0.1, 0.15) is 5.69 Å². The molecule has 196 valence electrons. The van der Waals surface area contributed by atoms with Crippen molar-refractivity contribution in [3.63, 3.8) is 0 Å². The Labute approximate surface area is 219 Å². The molecule has 3 aromatic rings. The number of halogens is 1. The van der Waals surface area contributed by atoms with E-state index in [-0.39, 0.29) is 30.0 Å². The molecule has 10 nitrogen and oxygen atoms in total. The van der Waals surface area contributed by atoms with Crippen molar-refractivity contribution < 1.29 is 19.4 Å². The van der Waals surface area contributed by atoms with E-state index >= 15 is 0 Å². The number of fused-ring (bicyclic) bond motifs is 1. The molecule has 4 heterocycles. The third-order valence-corrected chi connectivity index (χ3v) is 7.02. The third kappa shape index (κ3) is 5.19. The van der Waals surface area contributed by atoms with E-state index in [9.17, 15) is 14.7 Å². The Morgan fingerprint density at radius 2 is 1.97 bits per heavy atom. The van der Waals surface area contributed by atoms with Gasteiger partial charge in [0, 0.05) is 42.8 Å². The minimum Gasteiger partial charge on any atom is -0.389 e. The topological polar surface area (TPSA) is 119 Å². The van der Waals surface area contributed by atoms with Crippen LogP contribution in [0.15, 0.2) is 35.3 Å². The van der Waals surface area contributed by atoms with E-state index in [2.05, 4.69) is 15.3 Å². The van der Waals surface area contributed by atoms with Gasteiger partial charge >= 0.3 is 0 Å². The number of nitrogens with zero attached hydrogens (tertiary/aromatic N) is 4. The van der Waals surface area contributed by atoms with Crippen LogP contribution in [-0.2, 0) is 9.47 Å². The smallest absolute Gasteiger partial charge is 0.270 e. The third-order valence-electron chi connectivity index (χ3n) is 6.74. The van der Waals surface area contributed by atoms with E-state index < -0.39 is 6.10 Å². The van der Waals surface area contributed by atoms with Crippen molar-refractivity contribution in [2.45, 2.75) is 38.5 Å². The van der Waals surface area contributed by atoms with Gasteiger partial charge in [-0.1, -0.05) is 17.7 Å². The van der Waals surface area contributed by atoms with Gasteiger partial charge in [-0.2, -0.15) is 0 Å². The number of ether oxygens (including phenoxy) is 2. The second-order valence-electron chi connectivity index (χ2n) is 9.57. The molecular weight excluding hydrogens is 498 g/mol. The molecule has 5 rings (SSSR count). The Morgan fingerprint density at radius 3 is 2.70 bits per heavy atom. The number of amides is 1. The summed E-state index contributed by atoms with van der Waals surface area (Å²) in [5.41, 5.74) is 1.91. The van der Waals surface area contributed by atoms with Crippen molar-refractivity contribution in [3.05, 3.63) is 51.4 Å². The Morgan fingerprint density at radius 1 is 1.19 bits per heavy atom. The summed E-state index contributed by atoms with van der Waals surface area (Å²) in [5, 5.41) is 14.2. The number of morpholine rings is 1. The highest BCUT2D eigenvalue weighted by atomic mass is 35.5. The minimum absolute atomic E-state index is 0.0913. The van der Waals surface area contributed by atoms with Crippen LogP contribution in [0.1, 0.15) is 36.8 Å². The molecule has 2 fully saturated rings. The van der Waals surface area contributed by atoms with E-state index in [0.29, 0.717) is 78.2 Å². The summed E-state index contributed by atoms with van der Waals surface area (Å²) in [6, 6.07) is 6.47. The molecule has 0 spiro atoms. The number of aliphatic hydroxyl groups excluding tert-OH is 1. The van der Waals surface area contributed by atoms with E-state index in [0.717, 1.165) is 0 Å². The number of aliphatic hydroxyl groups is 1. The van der Waals surface area contributed by atoms with E-state index in [1.54, 1.807) is 17.0 Å². The molecule has 2 atom stereocenters. The number of hydrogen-bond donors (Lipinski definition) is 2. The van der Waals surface area contributed by atoms with Gasteiger partial charge in [-0.05, 0) is 32.4 Å². The highest BCUT2D eigenvalue weighted by molar-refractivity contribution is 6.33. The van der Waals surface area contributed by atoms with E-state index in [1.165, 1.54) is 12.3 Å². The van der Waals surface area contributed by atoms with Crippen LogP contribution in [0.5, 0.6) is 0 Å². The van der Waals surface area contributed by atoms with Crippen molar-refractivity contribution in [1.29, 1.82) is 0 Å². The predicted molar refractivity (Wildman–Crippen MR) is 140 cm³/mol. The molecule has 0 bridgehead atoms. The van der Waals surface area contributed by atoms with Crippen molar-refractivity contribution in [2.75, 3.05) is 44.8 Å². The Kier molecular flexibility index (Phi) is 7.43. The zero-order valence-electron chi connectivity index (χ0n) is 20.8. The second kappa shape index (κ2) is 10.7. The molecule has 2 saturated heterocycles. The quantitative estimate of drug-likeness (QED) is 0.520. The molecule has 2 aliphatic rings. The largest absolute Gasteiger partial charge is 0.389 e. The fourth-order valence-corrected chi connectivity index (χ4v) is 5.03. The first kappa shape index (κ1) is 25.6. The van der Waals surface area contributed by atoms with Crippen molar-refractivity contribution in [2.24, 2.45) is 0 Å². The summed E-state index contributed by atoms with van der Waals surface area (Å²) in [5.74, 6) is 0.144. The summed E-state index contributed by atoms with van der Waals surface area (Å²) >= 11 is 6.51. The first-order chi connectivity index (χ1) is 17.8. The number of carbonyl (C=O) groups is 1. The lowest BCUT2D eigenvalue weighted by atomic mass is 10.1. The maximum Gasteiger partial charge on any atom is 0.270 e. The summed E-state index contributed by atoms with van der Waals surface area (Å²) in [4.78, 5) is 37.1. The SMILES string of the molecule is CC(C)n1c(C(=O)N2CCOCC2)cc(=O)c2ccc(-c3nc(N[C@@H]4CCOC[C@H]4O)ncc3Cl)cc21. The average molecular weight is 528 g/mol. The Bertz CT molecular complexity index is 1370. The molecular formula is C26H30ClN5O5. The average Bonchev–Trinajstić information content (AvgIpc) is 2.90. The molecule has 11 heteroatoms. The summed E-state index contributed by atoms with van der Waals surface area (Å²) in [6.07, 6.45) is 1.47. The highest BCUT2D eigenvalue weighted by Gasteiger charge is 2.26. The van der Waals surface area contributed by atoms with Crippen molar-refractivity contribution in [3.8, 4) is 11.3 Å². The molecule has 0 radical (unpaired) electrons. The van der Waals surface area contributed by atoms with Gasteiger partial charge in [0.25, 0.3) is 5.91 Å². The number of aromatic nitrogens is 3. The van der Waals surface area contributed by atoms with Crippen LogP contribution in [0.3, 0.4) is 0 Å². The fraction of sp³-hybridized carbons (Fsp3) is 0.462.